The third-order valence-electron chi connectivity index (χ3n) is 5.77. The Morgan fingerprint density at radius 3 is 2.73 bits per heavy atom. The number of ether oxygens (including phenoxy) is 2. The number of aromatic nitrogens is 1. The smallest absolute Gasteiger partial charge is 0.338 e. The number of carboxylic acid groups (broad SMARTS) is 1. The van der Waals surface area contributed by atoms with Gasteiger partial charge in [0.25, 0.3) is 0 Å². The lowest BCUT2D eigenvalue weighted by Gasteiger charge is -2.30. The summed E-state index contributed by atoms with van der Waals surface area (Å²) in [5, 5.41) is 24.6. The van der Waals surface area contributed by atoms with Crippen LogP contribution in [0.1, 0.15) is 41.4 Å². The molecule has 1 aliphatic rings. The van der Waals surface area contributed by atoms with Crippen molar-refractivity contribution in [2.75, 3.05) is 19.7 Å². The first-order valence-corrected chi connectivity index (χ1v) is 10.9. The Morgan fingerprint density at radius 1 is 1.21 bits per heavy atom. The van der Waals surface area contributed by atoms with E-state index in [2.05, 4.69) is 5.16 Å². The summed E-state index contributed by atoms with van der Waals surface area (Å²) >= 11 is 0. The standard InChI is InChI=1S/C24H26N2O7/c1-2-31-24(30)15-5-7-17(8-6-15)32-14-20-18-9-10-21(27)19(22(18)33-25-20)13-26-11-3-4-16(12-26)23(28)29/h5-10,16,27H,2-4,11-14H2,1H3,(H,28,29). The van der Waals surface area contributed by atoms with Crippen molar-refractivity contribution in [1.29, 1.82) is 0 Å². The fourth-order valence-corrected chi connectivity index (χ4v) is 4.03. The van der Waals surface area contributed by atoms with Crippen molar-refractivity contribution in [3.63, 3.8) is 0 Å². The molecule has 3 aromatic rings. The van der Waals surface area contributed by atoms with E-state index < -0.39 is 11.9 Å². The first-order chi connectivity index (χ1) is 16.0. The third kappa shape index (κ3) is 5.09. The number of carbonyl (C=O) groups excluding carboxylic acids is 1. The normalized spacial score (nSPS) is 16.6. The number of phenolic OH excluding ortho intramolecular Hbond substituents is 1. The highest BCUT2D eigenvalue weighted by Gasteiger charge is 2.27. The molecule has 0 radical (unpaired) electrons. The Balaban J connectivity index is 1.47. The van der Waals surface area contributed by atoms with Crippen molar-refractivity contribution in [2.24, 2.45) is 5.92 Å². The first kappa shape index (κ1) is 22.6. The minimum absolute atomic E-state index is 0.0816. The molecule has 1 atom stereocenters. The molecule has 0 spiro atoms. The quantitative estimate of drug-likeness (QED) is 0.492. The van der Waals surface area contributed by atoms with Gasteiger partial charge < -0.3 is 24.2 Å². The van der Waals surface area contributed by atoms with Crippen LogP contribution in [0.2, 0.25) is 0 Å². The number of phenols is 1. The fraction of sp³-hybridized carbons (Fsp3) is 0.375. The summed E-state index contributed by atoms with van der Waals surface area (Å²) in [6, 6.07) is 9.94. The summed E-state index contributed by atoms with van der Waals surface area (Å²) in [5.41, 5.74) is 2.06. The first-order valence-electron chi connectivity index (χ1n) is 10.9. The Kier molecular flexibility index (Phi) is 6.79. The second-order valence-electron chi connectivity index (χ2n) is 8.02. The van der Waals surface area contributed by atoms with Gasteiger partial charge in [0.1, 0.15) is 23.8 Å². The second kappa shape index (κ2) is 9.91. The number of benzene rings is 2. The molecular weight excluding hydrogens is 428 g/mol. The maximum atomic E-state index is 11.8. The zero-order valence-corrected chi connectivity index (χ0v) is 18.3. The largest absolute Gasteiger partial charge is 0.507 e. The van der Waals surface area contributed by atoms with Gasteiger partial charge in [0.2, 0.25) is 0 Å². The summed E-state index contributed by atoms with van der Waals surface area (Å²) in [6.45, 7) is 3.76. The average molecular weight is 454 g/mol. The van der Waals surface area contributed by atoms with E-state index in [-0.39, 0.29) is 18.3 Å². The molecule has 2 aromatic carbocycles. The van der Waals surface area contributed by atoms with Crippen molar-refractivity contribution in [1.82, 2.24) is 10.1 Å². The van der Waals surface area contributed by atoms with Gasteiger partial charge in [0, 0.05) is 18.5 Å². The van der Waals surface area contributed by atoms with E-state index in [0.29, 0.717) is 54.3 Å². The predicted molar refractivity (Wildman–Crippen MR) is 118 cm³/mol. The number of hydrogen-bond donors (Lipinski definition) is 2. The summed E-state index contributed by atoms with van der Waals surface area (Å²) in [6.07, 6.45) is 1.45. The molecule has 1 fully saturated rings. The number of rotatable bonds is 8. The van der Waals surface area contributed by atoms with E-state index in [1.165, 1.54) is 0 Å². The van der Waals surface area contributed by atoms with Crippen molar-refractivity contribution < 1.29 is 33.8 Å². The zero-order chi connectivity index (χ0) is 23.4. The molecule has 1 aliphatic heterocycles. The van der Waals surface area contributed by atoms with E-state index >= 15 is 0 Å². The number of nitrogens with zero attached hydrogens (tertiary/aromatic N) is 2. The van der Waals surface area contributed by atoms with Crippen LogP contribution in [0.4, 0.5) is 0 Å². The number of carboxylic acids is 1. The molecule has 0 amide bonds. The van der Waals surface area contributed by atoms with Crippen LogP contribution in [0.3, 0.4) is 0 Å². The summed E-state index contributed by atoms with van der Waals surface area (Å²) in [5.74, 6) is -0.947. The molecule has 2 heterocycles. The molecule has 1 saturated heterocycles. The number of esters is 1. The number of likely N-dealkylation sites (tertiary alicyclic amines) is 1. The van der Waals surface area contributed by atoms with Crippen molar-refractivity contribution in [3.8, 4) is 11.5 Å². The number of fused-ring (bicyclic) bond motifs is 1. The van der Waals surface area contributed by atoms with E-state index in [0.717, 1.165) is 18.4 Å². The van der Waals surface area contributed by atoms with Crippen molar-refractivity contribution >= 4 is 22.9 Å². The highest BCUT2D eigenvalue weighted by molar-refractivity contribution is 5.89. The summed E-state index contributed by atoms with van der Waals surface area (Å²) in [4.78, 5) is 25.1. The van der Waals surface area contributed by atoms with E-state index in [1.807, 2.05) is 4.90 Å². The number of hydrogen-bond acceptors (Lipinski definition) is 8. The molecule has 33 heavy (non-hydrogen) atoms. The Morgan fingerprint density at radius 2 is 2.00 bits per heavy atom. The van der Waals surface area contributed by atoms with Gasteiger partial charge in [-0.3, -0.25) is 9.69 Å². The molecule has 4 rings (SSSR count). The van der Waals surface area contributed by atoms with E-state index in [4.69, 9.17) is 14.0 Å². The van der Waals surface area contributed by atoms with Crippen LogP contribution in [0.25, 0.3) is 11.0 Å². The fourth-order valence-electron chi connectivity index (χ4n) is 4.03. The predicted octanol–water partition coefficient (Wildman–Crippen LogP) is 3.59. The lowest BCUT2D eigenvalue weighted by molar-refractivity contribution is -0.143. The van der Waals surface area contributed by atoms with Gasteiger partial charge in [0.15, 0.2) is 5.58 Å². The second-order valence-corrected chi connectivity index (χ2v) is 8.02. The third-order valence-corrected chi connectivity index (χ3v) is 5.77. The molecule has 1 aromatic heterocycles. The monoisotopic (exact) mass is 454 g/mol. The maximum absolute atomic E-state index is 11.8. The Bertz CT molecular complexity index is 1140. The van der Waals surface area contributed by atoms with E-state index in [1.54, 1.807) is 43.3 Å². The molecule has 2 N–H and O–H groups in total. The lowest BCUT2D eigenvalue weighted by atomic mass is 9.97. The number of carbonyl (C=O) groups is 2. The van der Waals surface area contributed by atoms with Crippen LogP contribution >= 0.6 is 0 Å². The van der Waals surface area contributed by atoms with Gasteiger partial charge in [-0.15, -0.1) is 0 Å². The molecule has 9 nitrogen and oxygen atoms in total. The average Bonchev–Trinajstić information content (AvgIpc) is 3.23. The maximum Gasteiger partial charge on any atom is 0.338 e. The molecule has 1 unspecified atom stereocenters. The van der Waals surface area contributed by atoms with Crippen molar-refractivity contribution in [2.45, 2.75) is 32.9 Å². The highest BCUT2D eigenvalue weighted by atomic mass is 16.5. The SMILES string of the molecule is CCOC(=O)c1ccc(OCc2noc3c(CN4CCCC(C(=O)O)C4)c(O)ccc23)cc1. The lowest BCUT2D eigenvalue weighted by Crippen LogP contribution is -2.38. The van der Waals surface area contributed by atoms with Gasteiger partial charge in [-0.05, 0) is 62.7 Å². The van der Waals surface area contributed by atoms with Gasteiger partial charge in [-0.25, -0.2) is 4.79 Å². The van der Waals surface area contributed by atoms with Crippen molar-refractivity contribution in [3.05, 3.63) is 53.2 Å². The van der Waals surface area contributed by atoms with Crippen LogP contribution in [-0.2, 0) is 22.7 Å². The summed E-state index contributed by atoms with van der Waals surface area (Å²) in [7, 11) is 0. The minimum Gasteiger partial charge on any atom is -0.507 e. The van der Waals surface area contributed by atoms with Gasteiger partial charge >= 0.3 is 11.9 Å². The van der Waals surface area contributed by atoms with Crippen LogP contribution in [0.15, 0.2) is 40.9 Å². The van der Waals surface area contributed by atoms with Crippen LogP contribution in [0.5, 0.6) is 11.5 Å². The van der Waals surface area contributed by atoms with Crippen LogP contribution in [-0.4, -0.2) is 51.9 Å². The number of piperidine rings is 1. The Labute approximate surface area is 190 Å². The molecule has 9 heteroatoms. The van der Waals surface area contributed by atoms with Gasteiger partial charge in [-0.1, -0.05) is 5.16 Å². The minimum atomic E-state index is -0.795. The van der Waals surface area contributed by atoms with Gasteiger partial charge in [0.05, 0.1) is 23.7 Å². The molecule has 0 saturated carbocycles. The molecule has 0 bridgehead atoms. The number of aromatic hydroxyl groups is 1. The molecule has 0 aliphatic carbocycles. The van der Waals surface area contributed by atoms with Gasteiger partial charge in [-0.2, -0.15) is 0 Å². The summed E-state index contributed by atoms with van der Waals surface area (Å²) < 4.78 is 16.3. The van der Waals surface area contributed by atoms with Crippen LogP contribution < -0.4 is 4.74 Å². The molecular formula is C24H26N2O7. The topological polar surface area (TPSA) is 122 Å². The zero-order valence-electron chi connectivity index (χ0n) is 18.3. The highest BCUT2D eigenvalue weighted by Crippen LogP contribution is 2.32. The Hall–Kier alpha value is -3.59. The molecule has 174 valence electrons. The number of aliphatic carboxylic acids is 1. The van der Waals surface area contributed by atoms with Crippen LogP contribution in [0, 0.1) is 5.92 Å². The van der Waals surface area contributed by atoms with E-state index in [9.17, 15) is 19.8 Å².